The number of esters is 1. The number of fused-ring (bicyclic) bond motifs is 2. The van der Waals surface area contributed by atoms with Crippen LogP contribution >= 0.6 is 11.8 Å². The number of hydrogen-bond donors (Lipinski definition) is 1. The highest BCUT2D eigenvalue weighted by molar-refractivity contribution is 8.02. The predicted octanol–water partition coefficient (Wildman–Crippen LogP) is 3.73. The Hall–Kier alpha value is -2.78. The Morgan fingerprint density at radius 2 is 1.79 bits per heavy atom. The van der Waals surface area contributed by atoms with Crippen LogP contribution in [0.3, 0.4) is 0 Å². The van der Waals surface area contributed by atoms with Gasteiger partial charge in [0.25, 0.3) is 5.91 Å². The molecule has 1 aromatic carbocycles. The van der Waals surface area contributed by atoms with E-state index in [0.717, 1.165) is 37.8 Å². The van der Waals surface area contributed by atoms with Crippen LogP contribution in [-0.4, -0.2) is 76.7 Å². The Kier molecular flexibility index (Phi) is 8.10. The average molecular weight is 555 g/mol. The number of unbranched alkanes of at least 4 members (excludes halogenated alkanes) is 3. The molecule has 9 heteroatoms. The molecule has 0 aromatic heterocycles. The van der Waals surface area contributed by atoms with Gasteiger partial charge in [-0.3, -0.25) is 14.4 Å². The van der Waals surface area contributed by atoms with Crippen LogP contribution in [0.25, 0.3) is 0 Å². The Labute approximate surface area is 234 Å². The molecule has 210 valence electrons. The number of hydrogen-bond acceptors (Lipinski definition) is 7. The van der Waals surface area contributed by atoms with E-state index in [0.29, 0.717) is 31.9 Å². The molecule has 0 saturated carbocycles. The fraction of sp³-hybridized carbons (Fsp3) is 0.567. The Morgan fingerprint density at radius 1 is 1.03 bits per heavy atom. The number of carbonyl (C=O) groups is 3. The van der Waals surface area contributed by atoms with E-state index in [-0.39, 0.29) is 24.4 Å². The van der Waals surface area contributed by atoms with E-state index in [1.54, 1.807) is 28.7 Å². The quantitative estimate of drug-likeness (QED) is 0.297. The fourth-order valence-corrected chi connectivity index (χ4v) is 8.77. The SMILES string of the molecule is COc1ccc(N2CC=C[C@]34S[C@@]5(C)/C=C\CCCOC(=O)[C@H]5[C@H]3C(=O)N(CCCCCCO)C4C2=O)cc1. The number of ether oxygens (including phenoxy) is 2. The molecule has 2 fully saturated rings. The third-order valence-electron chi connectivity index (χ3n) is 8.44. The summed E-state index contributed by atoms with van der Waals surface area (Å²) >= 11 is 1.57. The number of nitrogens with zero attached hydrogens (tertiary/aromatic N) is 2. The molecular formula is C30H38N2O6S. The van der Waals surface area contributed by atoms with E-state index in [1.165, 1.54) is 0 Å². The highest BCUT2D eigenvalue weighted by Crippen LogP contribution is 2.65. The number of aliphatic hydroxyl groups is 1. The number of carbonyl (C=O) groups excluding carboxylic acids is 3. The molecule has 1 spiro atoms. The second-order valence-electron chi connectivity index (χ2n) is 10.9. The average Bonchev–Trinajstić information content (AvgIpc) is 3.27. The highest BCUT2D eigenvalue weighted by Gasteiger charge is 2.73. The normalized spacial score (nSPS) is 32.9. The first kappa shape index (κ1) is 27.8. The second kappa shape index (κ2) is 11.4. The van der Waals surface area contributed by atoms with Gasteiger partial charge in [-0.25, -0.2) is 0 Å². The topological polar surface area (TPSA) is 96.4 Å². The number of anilines is 1. The second-order valence-corrected chi connectivity index (χ2v) is 12.7. The number of aliphatic hydroxyl groups excluding tert-OH is 1. The molecule has 0 bridgehead atoms. The minimum absolute atomic E-state index is 0.142. The minimum atomic E-state index is -0.886. The van der Waals surface area contributed by atoms with Crippen LogP contribution in [0.5, 0.6) is 5.75 Å². The summed E-state index contributed by atoms with van der Waals surface area (Å²) in [4.78, 5) is 45.8. The zero-order valence-electron chi connectivity index (χ0n) is 22.7. The summed E-state index contributed by atoms with van der Waals surface area (Å²) in [6.45, 7) is 3.27. The van der Waals surface area contributed by atoms with Gasteiger partial charge >= 0.3 is 5.97 Å². The van der Waals surface area contributed by atoms with E-state index in [1.807, 2.05) is 43.3 Å². The van der Waals surface area contributed by atoms with Crippen molar-refractivity contribution >= 4 is 35.2 Å². The Morgan fingerprint density at radius 3 is 2.54 bits per heavy atom. The van der Waals surface area contributed by atoms with Gasteiger partial charge in [-0.05, 0) is 56.9 Å². The van der Waals surface area contributed by atoms with Crippen molar-refractivity contribution in [2.45, 2.75) is 61.0 Å². The van der Waals surface area contributed by atoms with Crippen LogP contribution < -0.4 is 9.64 Å². The molecule has 4 heterocycles. The molecule has 0 radical (unpaired) electrons. The van der Waals surface area contributed by atoms with Crippen molar-refractivity contribution in [2.75, 3.05) is 38.3 Å². The van der Waals surface area contributed by atoms with Gasteiger partial charge in [0.1, 0.15) is 11.8 Å². The maximum Gasteiger partial charge on any atom is 0.311 e. The summed E-state index contributed by atoms with van der Waals surface area (Å²) in [5.41, 5.74) is 0.734. The number of thioether (sulfide) groups is 1. The molecule has 1 unspecified atom stereocenters. The standard InChI is InChI=1S/C30H38N2O6S/c1-29-15-6-5-9-20-38-28(36)24(29)23-26(34)32(17-7-3-4-8-19-33)25-27(35)31(18-10-16-30(23,25)39-29)21-11-13-22(37-2)14-12-21/h6,10-16,23-25,33H,3-5,7-9,17-20H2,1-2H3/b15-6-/t23-,24+,25?,29-,30-/m0/s1. The van der Waals surface area contributed by atoms with E-state index >= 15 is 0 Å². The van der Waals surface area contributed by atoms with Crippen molar-refractivity contribution in [3.63, 3.8) is 0 Å². The Bertz CT molecular complexity index is 1150. The predicted molar refractivity (Wildman–Crippen MR) is 151 cm³/mol. The zero-order valence-corrected chi connectivity index (χ0v) is 23.5. The van der Waals surface area contributed by atoms with Crippen LogP contribution in [0.4, 0.5) is 5.69 Å². The molecule has 1 N–H and O–H groups in total. The van der Waals surface area contributed by atoms with Crippen molar-refractivity contribution in [2.24, 2.45) is 11.8 Å². The number of methoxy groups -OCH3 is 1. The van der Waals surface area contributed by atoms with Crippen LogP contribution in [0.15, 0.2) is 48.6 Å². The van der Waals surface area contributed by atoms with Gasteiger partial charge in [0.15, 0.2) is 0 Å². The van der Waals surface area contributed by atoms with E-state index in [9.17, 15) is 14.4 Å². The van der Waals surface area contributed by atoms with Gasteiger partial charge < -0.3 is 24.4 Å². The maximum absolute atomic E-state index is 14.5. The summed E-state index contributed by atoms with van der Waals surface area (Å²) < 4.78 is 9.43. The summed E-state index contributed by atoms with van der Waals surface area (Å²) in [5, 5.41) is 9.16. The van der Waals surface area contributed by atoms with Crippen LogP contribution in [0, 0.1) is 11.8 Å². The molecule has 2 amide bonds. The van der Waals surface area contributed by atoms with Crippen LogP contribution in [-0.2, 0) is 19.1 Å². The molecule has 39 heavy (non-hydrogen) atoms. The summed E-state index contributed by atoms with van der Waals surface area (Å²) in [6.07, 6.45) is 12.8. The van der Waals surface area contributed by atoms with Gasteiger partial charge in [0.05, 0.1) is 30.3 Å². The first-order chi connectivity index (χ1) is 18.9. The van der Waals surface area contributed by atoms with Gasteiger partial charge in [-0.2, -0.15) is 0 Å². The van der Waals surface area contributed by atoms with Gasteiger partial charge in [0.2, 0.25) is 5.91 Å². The molecule has 2 saturated heterocycles. The van der Waals surface area contributed by atoms with E-state index < -0.39 is 27.4 Å². The summed E-state index contributed by atoms with van der Waals surface area (Å²) in [7, 11) is 1.60. The molecule has 5 atom stereocenters. The van der Waals surface area contributed by atoms with Gasteiger partial charge in [0, 0.05) is 30.1 Å². The van der Waals surface area contributed by atoms with E-state index in [2.05, 4.69) is 12.2 Å². The lowest BCUT2D eigenvalue weighted by Gasteiger charge is -2.37. The van der Waals surface area contributed by atoms with Crippen LogP contribution in [0.2, 0.25) is 0 Å². The summed E-state index contributed by atoms with van der Waals surface area (Å²) in [6, 6.07) is 6.62. The van der Waals surface area contributed by atoms with Crippen molar-refractivity contribution in [3.8, 4) is 5.75 Å². The molecular weight excluding hydrogens is 516 g/mol. The molecule has 4 aliphatic heterocycles. The number of rotatable bonds is 8. The van der Waals surface area contributed by atoms with Crippen molar-refractivity contribution in [1.82, 2.24) is 4.90 Å². The smallest absolute Gasteiger partial charge is 0.311 e. The summed E-state index contributed by atoms with van der Waals surface area (Å²) in [5.74, 6) is -1.32. The fourth-order valence-electron chi connectivity index (χ4n) is 6.62. The van der Waals surface area contributed by atoms with Gasteiger partial charge in [-0.1, -0.05) is 37.1 Å². The lowest BCUT2D eigenvalue weighted by molar-refractivity contribution is -0.154. The van der Waals surface area contributed by atoms with Crippen molar-refractivity contribution < 1.29 is 29.0 Å². The molecule has 1 aromatic rings. The lowest BCUT2D eigenvalue weighted by atomic mass is 9.74. The van der Waals surface area contributed by atoms with Crippen molar-refractivity contribution in [3.05, 3.63) is 48.6 Å². The number of likely N-dealkylation sites (tertiary alicyclic amines) is 1. The van der Waals surface area contributed by atoms with E-state index in [4.69, 9.17) is 14.6 Å². The maximum atomic E-state index is 14.5. The molecule has 4 aliphatic rings. The Balaban J connectivity index is 1.55. The third kappa shape index (κ3) is 4.88. The first-order valence-corrected chi connectivity index (χ1v) is 14.8. The minimum Gasteiger partial charge on any atom is -0.497 e. The lowest BCUT2D eigenvalue weighted by Crippen LogP contribution is -2.53. The number of allylic oxidation sites excluding steroid dienone is 1. The molecule has 5 rings (SSSR count). The molecule has 0 aliphatic carbocycles. The monoisotopic (exact) mass is 554 g/mol. The number of benzene rings is 1. The zero-order chi connectivity index (χ0) is 27.6. The van der Waals surface area contributed by atoms with Crippen molar-refractivity contribution in [1.29, 1.82) is 0 Å². The first-order valence-electron chi connectivity index (χ1n) is 14.0. The van der Waals surface area contributed by atoms with Crippen LogP contribution in [0.1, 0.15) is 45.4 Å². The highest BCUT2D eigenvalue weighted by atomic mass is 32.2. The number of cyclic esters (lactones) is 1. The molecule has 8 nitrogen and oxygen atoms in total. The third-order valence-corrected chi connectivity index (χ3v) is 10.2. The number of amides is 2. The largest absolute Gasteiger partial charge is 0.497 e. The van der Waals surface area contributed by atoms with Gasteiger partial charge in [-0.15, -0.1) is 11.8 Å².